The maximum Gasteiger partial charge on any atom is 0.407 e. The summed E-state index contributed by atoms with van der Waals surface area (Å²) in [4.78, 5) is 36.2. The van der Waals surface area contributed by atoms with Gasteiger partial charge in [-0.1, -0.05) is 61.4 Å². The lowest BCUT2D eigenvalue weighted by Crippen LogP contribution is -2.56. The topological polar surface area (TPSA) is 105 Å². The molecule has 0 radical (unpaired) electrons. The van der Waals surface area contributed by atoms with Crippen LogP contribution in [-0.4, -0.2) is 42.3 Å². The largest absolute Gasteiger partial charge is 0.480 e. The van der Waals surface area contributed by atoms with E-state index in [2.05, 4.69) is 34.9 Å². The highest BCUT2D eigenvalue weighted by Crippen LogP contribution is 2.44. The predicted molar refractivity (Wildman–Crippen MR) is 119 cm³/mol. The third-order valence-corrected chi connectivity index (χ3v) is 6.76. The van der Waals surface area contributed by atoms with Gasteiger partial charge in [0, 0.05) is 12.0 Å². The molecule has 2 aliphatic carbocycles. The number of alkyl carbamates (subject to hydrolysis) is 1. The molecule has 0 saturated heterocycles. The van der Waals surface area contributed by atoms with Gasteiger partial charge >= 0.3 is 12.1 Å². The summed E-state index contributed by atoms with van der Waals surface area (Å²) in [6, 6.07) is 15.9. The molecule has 1 fully saturated rings. The number of carboxylic acids is 1. The molecule has 4 rings (SSSR count). The van der Waals surface area contributed by atoms with Crippen molar-refractivity contribution in [1.29, 1.82) is 0 Å². The number of aliphatic carboxylic acids is 1. The Labute approximate surface area is 187 Å². The maximum atomic E-state index is 12.7. The molecular formula is C25H28N2O5. The maximum absolute atomic E-state index is 12.7. The highest BCUT2D eigenvalue weighted by Gasteiger charge is 2.44. The van der Waals surface area contributed by atoms with Crippen molar-refractivity contribution >= 4 is 18.0 Å². The van der Waals surface area contributed by atoms with Crippen LogP contribution in [0.5, 0.6) is 0 Å². The van der Waals surface area contributed by atoms with Crippen LogP contribution < -0.4 is 10.6 Å². The first-order valence-electron chi connectivity index (χ1n) is 11.0. The minimum atomic E-state index is -1.10. The van der Waals surface area contributed by atoms with Crippen LogP contribution in [0.2, 0.25) is 0 Å². The molecule has 7 heteroatoms. The summed E-state index contributed by atoms with van der Waals surface area (Å²) >= 11 is 0. The number of fused-ring (bicyclic) bond motifs is 3. The van der Waals surface area contributed by atoms with E-state index in [1.807, 2.05) is 24.3 Å². The highest BCUT2D eigenvalue weighted by atomic mass is 16.5. The van der Waals surface area contributed by atoms with Gasteiger partial charge in [-0.05, 0) is 42.0 Å². The van der Waals surface area contributed by atoms with E-state index in [1.54, 1.807) is 6.92 Å². The van der Waals surface area contributed by atoms with Gasteiger partial charge in [-0.25, -0.2) is 4.79 Å². The molecule has 3 N–H and O–H groups in total. The molecule has 1 saturated carbocycles. The van der Waals surface area contributed by atoms with E-state index < -0.39 is 30.1 Å². The molecule has 168 valence electrons. The van der Waals surface area contributed by atoms with Crippen LogP contribution in [0.3, 0.4) is 0 Å². The van der Waals surface area contributed by atoms with Gasteiger partial charge in [0.1, 0.15) is 13.2 Å². The molecule has 0 aliphatic heterocycles. The number of rotatable bonds is 6. The Bertz CT molecular complexity index is 991. The smallest absolute Gasteiger partial charge is 0.407 e. The van der Waals surface area contributed by atoms with E-state index in [0.717, 1.165) is 35.1 Å². The van der Waals surface area contributed by atoms with Crippen molar-refractivity contribution in [1.82, 2.24) is 10.6 Å². The Morgan fingerprint density at radius 1 is 1.03 bits per heavy atom. The highest BCUT2D eigenvalue weighted by molar-refractivity contribution is 5.87. The molecule has 0 bridgehead atoms. The van der Waals surface area contributed by atoms with Crippen molar-refractivity contribution in [2.24, 2.45) is 5.41 Å². The van der Waals surface area contributed by atoms with Gasteiger partial charge in [0.05, 0.1) is 5.41 Å². The fourth-order valence-corrected chi connectivity index (χ4v) is 4.98. The van der Waals surface area contributed by atoms with Crippen LogP contribution in [0.15, 0.2) is 48.5 Å². The van der Waals surface area contributed by atoms with E-state index in [0.29, 0.717) is 12.8 Å². The van der Waals surface area contributed by atoms with E-state index >= 15 is 0 Å². The van der Waals surface area contributed by atoms with Gasteiger partial charge in [-0.3, -0.25) is 9.59 Å². The summed E-state index contributed by atoms with van der Waals surface area (Å²) in [6.07, 6.45) is 2.39. The molecule has 0 spiro atoms. The van der Waals surface area contributed by atoms with Crippen molar-refractivity contribution in [2.75, 3.05) is 13.2 Å². The molecule has 32 heavy (non-hydrogen) atoms. The van der Waals surface area contributed by atoms with Crippen LogP contribution in [0, 0.1) is 5.41 Å². The first-order valence-corrected chi connectivity index (χ1v) is 11.0. The molecule has 0 aromatic heterocycles. The lowest BCUT2D eigenvalue weighted by atomic mass is 9.71. The first-order chi connectivity index (χ1) is 15.4. The zero-order chi connectivity index (χ0) is 22.7. The number of amides is 2. The second-order valence-electron chi connectivity index (χ2n) is 8.76. The van der Waals surface area contributed by atoms with Crippen LogP contribution in [0.1, 0.15) is 49.7 Å². The molecule has 2 unspecified atom stereocenters. The van der Waals surface area contributed by atoms with E-state index in [9.17, 15) is 14.4 Å². The Kier molecular flexibility index (Phi) is 6.17. The van der Waals surface area contributed by atoms with Crippen molar-refractivity contribution in [3.8, 4) is 11.1 Å². The number of nitrogens with one attached hydrogen (secondary N) is 2. The number of ether oxygens (including phenoxy) is 1. The summed E-state index contributed by atoms with van der Waals surface area (Å²) in [5, 5.41) is 14.2. The quantitative estimate of drug-likeness (QED) is 0.641. The fourth-order valence-electron chi connectivity index (χ4n) is 4.98. The molecule has 7 nitrogen and oxygen atoms in total. The van der Waals surface area contributed by atoms with Crippen molar-refractivity contribution in [3.63, 3.8) is 0 Å². The summed E-state index contributed by atoms with van der Waals surface area (Å²) < 4.78 is 5.64. The van der Waals surface area contributed by atoms with Gasteiger partial charge in [0.2, 0.25) is 5.91 Å². The number of carbonyl (C=O) groups excluding carboxylic acids is 2. The summed E-state index contributed by atoms with van der Waals surface area (Å²) in [5.74, 6) is -1.49. The van der Waals surface area contributed by atoms with Crippen LogP contribution in [0.25, 0.3) is 11.1 Å². The van der Waals surface area contributed by atoms with E-state index in [-0.39, 0.29) is 18.4 Å². The summed E-state index contributed by atoms with van der Waals surface area (Å²) in [6.45, 7) is 1.54. The fraction of sp³-hybridized carbons (Fsp3) is 0.400. The van der Waals surface area contributed by atoms with Gasteiger partial charge in [-0.15, -0.1) is 0 Å². The number of carbonyl (C=O) groups is 3. The Balaban J connectivity index is 1.42. The number of benzene rings is 2. The van der Waals surface area contributed by atoms with Gasteiger partial charge in [-0.2, -0.15) is 0 Å². The second kappa shape index (κ2) is 9.02. The zero-order valence-corrected chi connectivity index (χ0v) is 18.1. The third kappa shape index (κ3) is 4.20. The van der Waals surface area contributed by atoms with Gasteiger partial charge in [0.15, 0.2) is 0 Å². The van der Waals surface area contributed by atoms with Crippen LogP contribution in [-0.2, 0) is 14.3 Å². The molecule has 2 atom stereocenters. The average Bonchev–Trinajstić information content (AvgIpc) is 3.11. The third-order valence-electron chi connectivity index (χ3n) is 6.76. The zero-order valence-electron chi connectivity index (χ0n) is 18.1. The molecule has 2 aliphatic rings. The SMILES string of the molecule is CC1(C(=O)NCC(=O)O)CCCCC1NC(=O)OCC1c2ccccc2-c2ccccc21. The normalized spacial score (nSPS) is 21.8. The van der Waals surface area contributed by atoms with Gasteiger partial charge in [0.25, 0.3) is 0 Å². The van der Waals surface area contributed by atoms with Gasteiger partial charge < -0.3 is 20.5 Å². The minimum Gasteiger partial charge on any atom is -0.480 e. The van der Waals surface area contributed by atoms with Crippen molar-refractivity contribution in [3.05, 3.63) is 59.7 Å². The van der Waals surface area contributed by atoms with Crippen molar-refractivity contribution < 1.29 is 24.2 Å². The Hall–Kier alpha value is -3.35. The predicted octanol–water partition coefficient (Wildman–Crippen LogP) is 3.67. The molecule has 2 amide bonds. The summed E-state index contributed by atoms with van der Waals surface area (Å²) in [5.41, 5.74) is 3.72. The molecule has 0 heterocycles. The number of hydrogen-bond acceptors (Lipinski definition) is 4. The monoisotopic (exact) mass is 436 g/mol. The minimum absolute atomic E-state index is 0.0373. The van der Waals surface area contributed by atoms with E-state index in [1.165, 1.54) is 0 Å². The van der Waals surface area contributed by atoms with Crippen LogP contribution >= 0.6 is 0 Å². The van der Waals surface area contributed by atoms with Crippen molar-refractivity contribution in [2.45, 2.75) is 44.6 Å². The number of hydrogen-bond donors (Lipinski definition) is 3. The molecule has 2 aromatic carbocycles. The second-order valence-corrected chi connectivity index (χ2v) is 8.76. The average molecular weight is 437 g/mol. The lowest BCUT2D eigenvalue weighted by molar-refractivity contribution is -0.141. The Morgan fingerprint density at radius 2 is 1.66 bits per heavy atom. The number of carboxylic acid groups (broad SMARTS) is 1. The van der Waals surface area contributed by atoms with Crippen LogP contribution in [0.4, 0.5) is 4.79 Å². The standard InChI is InChI=1S/C25H28N2O5/c1-25(23(30)26-14-22(28)29)13-7-6-12-21(25)27-24(31)32-15-20-18-10-4-2-8-16(18)17-9-3-5-11-19(17)20/h2-5,8-11,20-21H,6-7,12-15H2,1H3,(H,26,30)(H,27,31)(H,28,29). The first kappa shape index (κ1) is 21.9. The molecule has 2 aromatic rings. The lowest BCUT2D eigenvalue weighted by Gasteiger charge is -2.40. The van der Waals surface area contributed by atoms with E-state index in [4.69, 9.17) is 9.84 Å². The molecular weight excluding hydrogens is 408 g/mol. The Morgan fingerprint density at radius 3 is 2.28 bits per heavy atom. The summed E-state index contributed by atoms with van der Waals surface area (Å²) in [7, 11) is 0.